The van der Waals surface area contributed by atoms with E-state index in [2.05, 4.69) is 0 Å². The Kier molecular flexibility index (Phi) is 2.19. The van der Waals surface area contributed by atoms with Crippen LogP contribution in [-0.2, 0) is 5.11 Å². The van der Waals surface area contributed by atoms with E-state index in [1.807, 2.05) is 0 Å². The summed E-state index contributed by atoms with van der Waals surface area (Å²) < 4.78 is 65.9. The maximum Gasteiger partial charge on any atom is 0.452 e. The Morgan fingerprint density at radius 3 is 1.30 bits per heavy atom. The summed E-state index contributed by atoms with van der Waals surface area (Å²) in [6.45, 7) is 0. The summed E-state index contributed by atoms with van der Waals surface area (Å²) in [6, 6.07) is 0. The van der Waals surface area contributed by atoms with Gasteiger partial charge in [0, 0.05) is 0 Å². The molecule has 60 valence electrons. The molecule has 0 atom stereocenters. The Hall–Kier alpha value is -0.460. The van der Waals surface area contributed by atoms with Gasteiger partial charge in [-0.25, -0.2) is 0 Å². The monoisotopic (exact) mass is 166 g/mol. The second kappa shape index (κ2) is 2.30. The van der Waals surface area contributed by atoms with Gasteiger partial charge in [0.05, 0.1) is 0 Å². The molecule has 0 bridgehead atoms. The molecule has 2 radical (unpaired) electrons. The zero-order chi connectivity index (χ0) is 8.58. The number of rotatable bonds is 2. The highest BCUT2D eigenvalue weighted by Gasteiger charge is 2.65. The molecule has 10 heavy (non-hydrogen) atoms. The van der Waals surface area contributed by atoms with Gasteiger partial charge in [0.15, 0.2) is 0 Å². The summed E-state index contributed by atoms with van der Waals surface area (Å²) in [7, 11) is 0. The molecule has 0 aromatic rings. The van der Waals surface area contributed by atoms with Crippen molar-refractivity contribution in [3.8, 4) is 0 Å². The van der Waals surface area contributed by atoms with Crippen LogP contribution < -0.4 is 0 Å². The molecule has 0 rings (SSSR count). The molecule has 0 saturated carbocycles. The van der Waals surface area contributed by atoms with Crippen molar-refractivity contribution >= 4 is 0 Å². The van der Waals surface area contributed by atoms with Crippen molar-refractivity contribution in [3.63, 3.8) is 0 Å². The second-order valence-electron chi connectivity index (χ2n) is 1.35. The average Bonchev–Trinajstić information content (AvgIpc) is 1.62. The van der Waals surface area contributed by atoms with E-state index in [1.54, 1.807) is 0 Å². The number of hydrogen-bond acceptors (Lipinski definition) is 0. The Balaban J connectivity index is 4.40. The van der Waals surface area contributed by atoms with Gasteiger partial charge in [0.2, 0.25) is 0 Å². The fraction of sp³-hybridized carbons (Fsp3) is 0.667. The Morgan fingerprint density at radius 2 is 1.30 bits per heavy atom. The zero-order valence-corrected chi connectivity index (χ0v) is 4.18. The van der Waals surface area contributed by atoms with Crippen LogP contribution >= 0.6 is 0 Å². The van der Waals surface area contributed by atoms with Crippen LogP contribution in [-0.4, -0.2) is 12.0 Å². The van der Waals surface area contributed by atoms with E-state index >= 15 is 0 Å². The molecule has 0 aliphatic carbocycles. The summed E-state index contributed by atoms with van der Waals surface area (Å²) >= 11 is 0. The summed E-state index contributed by atoms with van der Waals surface area (Å²) in [6.07, 6.45) is -9.83. The van der Waals surface area contributed by atoms with E-state index in [9.17, 15) is 26.3 Å². The minimum Gasteiger partial charge on any atom is -0.192 e. The van der Waals surface area contributed by atoms with E-state index in [0.29, 0.717) is 0 Å². The highest BCUT2D eigenvalue weighted by Crippen LogP contribution is 2.41. The predicted molar refractivity (Wildman–Crippen MR) is 16.0 cm³/mol. The molecule has 0 aromatic carbocycles. The number of alkyl halides is 4. The van der Waals surface area contributed by atoms with Gasteiger partial charge in [-0.3, -0.25) is 0 Å². The van der Waals surface area contributed by atoms with Crippen LogP contribution in [0.3, 0.4) is 0 Å². The summed E-state index contributed by atoms with van der Waals surface area (Å²) in [5.74, 6) is -5.87. The van der Waals surface area contributed by atoms with Crippen molar-refractivity contribution in [2.24, 2.45) is 0 Å². The molecule has 0 aromatic heterocycles. The first-order valence-corrected chi connectivity index (χ1v) is 1.84. The lowest BCUT2D eigenvalue weighted by Crippen LogP contribution is -2.41. The van der Waals surface area contributed by atoms with Gasteiger partial charge in [-0.2, -0.15) is 31.4 Å². The zero-order valence-electron chi connectivity index (χ0n) is 4.18. The van der Waals surface area contributed by atoms with E-state index in [0.717, 1.165) is 0 Å². The van der Waals surface area contributed by atoms with Gasteiger partial charge in [-0.15, -0.1) is 0 Å². The number of hydrogen-bond donors (Lipinski definition) is 0. The fourth-order valence-electron chi connectivity index (χ4n) is 0.110. The first-order chi connectivity index (χ1) is 4.19. The van der Waals surface area contributed by atoms with Crippen molar-refractivity contribution in [1.82, 2.24) is 0 Å². The van der Waals surface area contributed by atoms with Crippen LogP contribution in [0.1, 0.15) is 0 Å². The van der Waals surface area contributed by atoms with E-state index in [1.165, 1.54) is 0 Å². The smallest absolute Gasteiger partial charge is 0.192 e. The van der Waals surface area contributed by atoms with Crippen molar-refractivity contribution in [3.05, 3.63) is 6.43 Å². The van der Waals surface area contributed by atoms with Crippen molar-refractivity contribution < 1.29 is 31.4 Å². The van der Waals surface area contributed by atoms with Crippen molar-refractivity contribution in [2.75, 3.05) is 0 Å². The third-order valence-electron chi connectivity index (χ3n) is 0.603. The van der Waals surface area contributed by atoms with E-state index in [-0.39, 0.29) is 0 Å². The normalized spacial score (nSPS) is 14.4. The van der Waals surface area contributed by atoms with Crippen LogP contribution in [0.15, 0.2) is 0 Å². The Morgan fingerprint density at radius 1 is 1.00 bits per heavy atom. The molecular formula is C3F6O. The largest absolute Gasteiger partial charge is 0.452 e. The van der Waals surface area contributed by atoms with E-state index in [4.69, 9.17) is 5.11 Å². The number of halogens is 6. The lowest BCUT2D eigenvalue weighted by molar-refractivity contribution is -0.360. The Labute approximate surface area is 51.3 Å². The van der Waals surface area contributed by atoms with Crippen LogP contribution in [0.2, 0.25) is 0 Å². The predicted octanol–water partition coefficient (Wildman–Crippen LogP) is 2.07. The molecule has 0 aliphatic rings. The SMILES string of the molecule is [O]C(F)(F)C(F)(F)[C](F)F. The van der Waals surface area contributed by atoms with Crippen LogP contribution in [0.4, 0.5) is 26.3 Å². The van der Waals surface area contributed by atoms with Gasteiger partial charge in [-0.1, -0.05) is 0 Å². The lowest BCUT2D eigenvalue weighted by Gasteiger charge is -2.16. The summed E-state index contributed by atoms with van der Waals surface area (Å²) in [5.41, 5.74) is 0. The maximum atomic E-state index is 11.2. The minimum atomic E-state index is -5.95. The summed E-state index contributed by atoms with van der Waals surface area (Å²) in [4.78, 5) is 0. The molecule has 1 nitrogen and oxygen atoms in total. The highest BCUT2D eigenvalue weighted by atomic mass is 19.3. The fourth-order valence-corrected chi connectivity index (χ4v) is 0.110. The molecule has 0 amide bonds. The van der Waals surface area contributed by atoms with E-state index < -0.39 is 18.5 Å². The van der Waals surface area contributed by atoms with Crippen molar-refractivity contribution in [1.29, 1.82) is 0 Å². The minimum absolute atomic E-state index is 3.88. The maximum absolute atomic E-state index is 11.2. The quantitative estimate of drug-likeness (QED) is 0.559. The van der Waals surface area contributed by atoms with Gasteiger partial charge >= 0.3 is 18.5 Å². The first-order valence-electron chi connectivity index (χ1n) is 1.84. The molecule has 0 unspecified atom stereocenters. The van der Waals surface area contributed by atoms with Crippen molar-refractivity contribution in [2.45, 2.75) is 12.0 Å². The molecular weight excluding hydrogens is 166 g/mol. The molecule has 0 saturated heterocycles. The molecule has 0 heterocycles. The average molecular weight is 166 g/mol. The molecule has 0 spiro atoms. The third kappa shape index (κ3) is 1.53. The van der Waals surface area contributed by atoms with Crippen LogP contribution in [0.25, 0.3) is 0 Å². The molecule has 0 fully saturated rings. The standard InChI is InChI=1S/C3F6O/c4-1(5)2(6,7)3(8,9)10. The molecule has 0 aliphatic heterocycles. The van der Waals surface area contributed by atoms with Gasteiger partial charge in [0.1, 0.15) is 0 Å². The lowest BCUT2D eigenvalue weighted by atomic mass is 10.3. The Bertz CT molecular complexity index is 115. The molecule has 0 N–H and O–H groups in total. The third-order valence-corrected chi connectivity index (χ3v) is 0.603. The van der Waals surface area contributed by atoms with Crippen LogP contribution in [0.5, 0.6) is 0 Å². The van der Waals surface area contributed by atoms with Gasteiger partial charge in [-0.05, 0) is 0 Å². The van der Waals surface area contributed by atoms with Gasteiger partial charge < -0.3 is 0 Å². The molecule has 7 heteroatoms. The second-order valence-corrected chi connectivity index (χ2v) is 1.35. The summed E-state index contributed by atoms with van der Waals surface area (Å²) in [5, 5.41) is 8.98. The highest BCUT2D eigenvalue weighted by molar-refractivity contribution is 4.89. The van der Waals surface area contributed by atoms with Crippen LogP contribution in [0, 0.1) is 6.43 Å². The van der Waals surface area contributed by atoms with Gasteiger partial charge in [0.25, 0.3) is 0 Å². The first kappa shape index (κ1) is 9.54. The topological polar surface area (TPSA) is 19.9 Å².